The molecule has 2 N–H and O–H groups in total. The van der Waals surface area contributed by atoms with Crippen molar-refractivity contribution in [2.45, 2.75) is 38.9 Å². The molecule has 1 saturated heterocycles. The SMILES string of the molecule is CCn1c(=O)n(CC(=O)N2CC3CCC(N)C3C2)c2ccccc21. The van der Waals surface area contributed by atoms with Crippen molar-refractivity contribution >= 4 is 16.9 Å². The van der Waals surface area contributed by atoms with E-state index in [1.165, 1.54) is 0 Å². The molecule has 2 heterocycles. The Morgan fingerprint density at radius 1 is 1.17 bits per heavy atom. The van der Waals surface area contributed by atoms with E-state index in [4.69, 9.17) is 5.73 Å². The van der Waals surface area contributed by atoms with Gasteiger partial charge >= 0.3 is 5.69 Å². The summed E-state index contributed by atoms with van der Waals surface area (Å²) in [5.41, 5.74) is 7.76. The number of carbonyl (C=O) groups is 1. The molecule has 1 aliphatic carbocycles. The highest BCUT2D eigenvalue weighted by atomic mass is 16.2. The van der Waals surface area contributed by atoms with Crippen LogP contribution < -0.4 is 11.4 Å². The number of likely N-dealkylation sites (tertiary alicyclic amines) is 1. The van der Waals surface area contributed by atoms with Crippen LogP contribution in [0.5, 0.6) is 0 Å². The lowest BCUT2D eigenvalue weighted by molar-refractivity contribution is -0.131. The van der Waals surface area contributed by atoms with E-state index < -0.39 is 0 Å². The van der Waals surface area contributed by atoms with Crippen LogP contribution in [0.25, 0.3) is 11.0 Å². The van der Waals surface area contributed by atoms with Gasteiger partial charge in [-0.25, -0.2) is 4.79 Å². The molecule has 0 bridgehead atoms. The average Bonchev–Trinajstić information content (AvgIpc) is 3.22. The Morgan fingerprint density at radius 3 is 2.54 bits per heavy atom. The molecule has 6 nitrogen and oxygen atoms in total. The van der Waals surface area contributed by atoms with Crippen LogP contribution in [-0.2, 0) is 17.9 Å². The van der Waals surface area contributed by atoms with E-state index >= 15 is 0 Å². The minimum Gasteiger partial charge on any atom is -0.341 e. The van der Waals surface area contributed by atoms with Crippen LogP contribution in [0.2, 0.25) is 0 Å². The molecule has 6 heteroatoms. The molecule has 3 unspecified atom stereocenters. The number of aryl methyl sites for hydroxylation is 1. The molecule has 1 saturated carbocycles. The summed E-state index contributed by atoms with van der Waals surface area (Å²) in [7, 11) is 0. The molecule has 3 atom stereocenters. The first kappa shape index (κ1) is 15.4. The summed E-state index contributed by atoms with van der Waals surface area (Å²) in [6.07, 6.45) is 2.19. The first-order valence-electron chi connectivity index (χ1n) is 8.81. The second-order valence-electron chi connectivity index (χ2n) is 7.07. The molecule has 4 rings (SSSR count). The molecular weight excluding hydrogens is 304 g/mol. The zero-order chi connectivity index (χ0) is 16.8. The number of hydrogen-bond acceptors (Lipinski definition) is 3. The molecule has 1 aliphatic heterocycles. The molecule has 1 aromatic carbocycles. The van der Waals surface area contributed by atoms with Crippen molar-refractivity contribution in [2.75, 3.05) is 13.1 Å². The largest absolute Gasteiger partial charge is 0.341 e. The summed E-state index contributed by atoms with van der Waals surface area (Å²) in [5, 5.41) is 0. The molecule has 24 heavy (non-hydrogen) atoms. The van der Waals surface area contributed by atoms with Crippen molar-refractivity contribution in [1.29, 1.82) is 0 Å². The number of aromatic nitrogens is 2. The summed E-state index contributed by atoms with van der Waals surface area (Å²) < 4.78 is 3.33. The van der Waals surface area contributed by atoms with Gasteiger partial charge < -0.3 is 10.6 Å². The summed E-state index contributed by atoms with van der Waals surface area (Å²) in [4.78, 5) is 27.3. The molecule has 2 aromatic rings. The maximum Gasteiger partial charge on any atom is 0.329 e. The number of imidazole rings is 1. The molecule has 128 valence electrons. The highest BCUT2D eigenvalue weighted by Crippen LogP contribution is 2.37. The minimum absolute atomic E-state index is 0.0257. The average molecular weight is 328 g/mol. The quantitative estimate of drug-likeness (QED) is 0.914. The molecule has 1 aromatic heterocycles. The van der Waals surface area contributed by atoms with Crippen molar-refractivity contribution in [3.8, 4) is 0 Å². The van der Waals surface area contributed by atoms with Gasteiger partial charge in [0.25, 0.3) is 0 Å². The number of rotatable bonds is 3. The first-order valence-corrected chi connectivity index (χ1v) is 8.81. The number of benzene rings is 1. The van der Waals surface area contributed by atoms with E-state index in [1.54, 1.807) is 9.13 Å². The molecular formula is C18H24N4O2. The molecule has 2 fully saturated rings. The lowest BCUT2D eigenvalue weighted by atomic mass is 9.98. The van der Waals surface area contributed by atoms with Gasteiger partial charge in [-0.05, 0) is 43.7 Å². The van der Waals surface area contributed by atoms with Gasteiger partial charge in [-0.3, -0.25) is 13.9 Å². The fourth-order valence-corrected chi connectivity index (χ4v) is 4.48. The van der Waals surface area contributed by atoms with E-state index in [-0.39, 0.29) is 24.2 Å². The van der Waals surface area contributed by atoms with Gasteiger partial charge in [0.05, 0.1) is 11.0 Å². The number of carbonyl (C=O) groups excluding carboxylic acids is 1. The number of amides is 1. The maximum atomic E-state index is 12.8. The van der Waals surface area contributed by atoms with Crippen molar-refractivity contribution in [2.24, 2.45) is 17.6 Å². The van der Waals surface area contributed by atoms with Crippen LogP contribution in [0.15, 0.2) is 29.1 Å². The predicted octanol–water partition coefficient (Wildman–Crippen LogP) is 1.02. The standard InChI is InChI=1S/C18H24N4O2/c1-2-21-15-5-3-4-6-16(15)22(18(21)24)11-17(23)20-9-12-7-8-14(19)13(12)10-20/h3-6,12-14H,2,7-11,19H2,1H3. The normalized spacial score (nSPS) is 26.2. The van der Waals surface area contributed by atoms with E-state index in [0.717, 1.165) is 37.0 Å². The highest BCUT2D eigenvalue weighted by Gasteiger charge is 2.42. The zero-order valence-corrected chi connectivity index (χ0v) is 14.0. The Bertz CT molecular complexity index is 837. The Balaban J connectivity index is 1.60. The lowest BCUT2D eigenvalue weighted by Crippen LogP contribution is -2.37. The number of hydrogen-bond donors (Lipinski definition) is 1. The molecule has 2 aliphatic rings. The fourth-order valence-electron chi connectivity index (χ4n) is 4.48. The van der Waals surface area contributed by atoms with Crippen LogP contribution in [0.3, 0.4) is 0 Å². The van der Waals surface area contributed by atoms with Crippen LogP contribution in [-0.4, -0.2) is 39.1 Å². The maximum absolute atomic E-state index is 12.8. The number of fused-ring (bicyclic) bond motifs is 2. The second kappa shape index (κ2) is 5.77. The van der Waals surface area contributed by atoms with Crippen LogP contribution in [0, 0.1) is 11.8 Å². The molecule has 1 amide bonds. The van der Waals surface area contributed by atoms with Crippen LogP contribution in [0.4, 0.5) is 0 Å². The number of nitrogens with two attached hydrogens (primary N) is 1. The summed E-state index contributed by atoms with van der Waals surface area (Å²) in [6.45, 7) is 4.19. The molecule has 0 spiro atoms. The van der Waals surface area contributed by atoms with Gasteiger partial charge in [0.2, 0.25) is 5.91 Å². The van der Waals surface area contributed by atoms with Crippen molar-refractivity contribution < 1.29 is 4.79 Å². The van der Waals surface area contributed by atoms with Crippen molar-refractivity contribution in [3.05, 3.63) is 34.7 Å². The number of nitrogens with zero attached hydrogens (tertiary/aromatic N) is 3. The third-order valence-corrected chi connectivity index (χ3v) is 5.80. The Morgan fingerprint density at radius 2 is 1.88 bits per heavy atom. The summed E-state index contributed by atoms with van der Waals surface area (Å²) >= 11 is 0. The van der Waals surface area contributed by atoms with Crippen molar-refractivity contribution in [3.63, 3.8) is 0 Å². The summed E-state index contributed by atoms with van der Waals surface area (Å²) in [5.74, 6) is 0.998. The Labute approximate surface area is 140 Å². The monoisotopic (exact) mass is 328 g/mol. The van der Waals surface area contributed by atoms with Gasteiger partial charge in [0.1, 0.15) is 6.54 Å². The van der Waals surface area contributed by atoms with E-state index in [1.807, 2.05) is 36.1 Å². The van der Waals surface area contributed by atoms with Crippen molar-refractivity contribution in [1.82, 2.24) is 14.0 Å². The van der Waals surface area contributed by atoms with E-state index in [2.05, 4.69) is 0 Å². The van der Waals surface area contributed by atoms with E-state index in [0.29, 0.717) is 18.4 Å². The van der Waals surface area contributed by atoms with Gasteiger partial charge in [-0.1, -0.05) is 12.1 Å². The topological polar surface area (TPSA) is 73.3 Å². The van der Waals surface area contributed by atoms with Crippen LogP contribution in [0.1, 0.15) is 19.8 Å². The predicted molar refractivity (Wildman–Crippen MR) is 92.6 cm³/mol. The zero-order valence-electron chi connectivity index (χ0n) is 14.0. The third-order valence-electron chi connectivity index (χ3n) is 5.80. The summed E-state index contributed by atoms with van der Waals surface area (Å²) in [6, 6.07) is 7.88. The van der Waals surface area contributed by atoms with Gasteiger partial charge in [-0.15, -0.1) is 0 Å². The number of para-hydroxylation sites is 2. The minimum atomic E-state index is -0.108. The van der Waals surface area contributed by atoms with Gasteiger partial charge in [0, 0.05) is 25.7 Å². The highest BCUT2D eigenvalue weighted by molar-refractivity contribution is 5.81. The van der Waals surface area contributed by atoms with Gasteiger partial charge in [-0.2, -0.15) is 0 Å². The third kappa shape index (κ3) is 2.28. The van der Waals surface area contributed by atoms with Gasteiger partial charge in [0.15, 0.2) is 0 Å². The smallest absolute Gasteiger partial charge is 0.329 e. The second-order valence-corrected chi connectivity index (χ2v) is 7.07. The fraction of sp³-hybridized carbons (Fsp3) is 0.556. The Hall–Kier alpha value is -2.08. The molecule has 0 radical (unpaired) electrons. The Kier molecular flexibility index (Phi) is 3.72. The first-order chi connectivity index (χ1) is 11.6. The van der Waals surface area contributed by atoms with Crippen LogP contribution >= 0.6 is 0 Å². The lowest BCUT2D eigenvalue weighted by Gasteiger charge is -2.19. The van der Waals surface area contributed by atoms with E-state index in [9.17, 15) is 9.59 Å².